The van der Waals surface area contributed by atoms with Crippen molar-refractivity contribution in [3.8, 4) is 0 Å². The van der Waals surface area contributed by atoms with Crippen LogP contribution in [0.1, 0.15) is 44.9 Å². The Morgan fingerprint density at radius 1 is 1.24 bits per heavy atom. The molecule has 0 spiro atoms. The molecule has 3 N–H and O–H groups in total. The zero-order chi connectivity index (χ0) is 12.3. The van der Waals surface area contributed by atoms with Crippen molar-refractivity contribution in [2.75, 3.05) is 20.1 Å². The predicted octanol–water partition coefficient (Wildman–Crippen LogP) is 1.27. The molecule has 0 aromatic carbocycles. The lowest BCUT2D eigenvalue weighted by Crippen LogP contribution is -2.51. The van der Waals surface area contributed by atoms with Crippen LogP contribution < -0.4 is 11.3 Å². The molecule has 2 rings (SSSR count). The van der Waals surface area contributed by atoms with Gasteiger partial charge in [-0.2, -0.15) is 0 Å². The molecule has 4 heteroatoms. The second kappa shape index (κ2) is 5.36. The van der Waals surface area contributed by atoms with Gasteiger partial charge in [-0.15, -0.1) is 0 Å². The summed E-state index contributed by atoms with van der Waals surface area (Å²) in [5, 5.41) is 0. The SMILES string of the molecule is CN1CCC(C2(C(=O)NN)CCCCC2)CC1. The van der Waals surface area contributed by atoms with E-state index in [0.29, 0.717) is 5.92 Å². The van der Waals surface area contributed by atoms with E-state index in [2.05, 4.69) is 17.4 Å². The third-order valence-corrected chi connectivity index (χ3v) is 4.83. The molecule has 0 radical (unpaired) electrons. The molecule has 0 atom stereocenters. The highest BCUT2D eigenvalue weighted by atomic mass is 16.2. The molecule has 1 saturated heterocycles. The molecule has 4 nitrogen and oxygen atoms in total. The molecule has 1 aliphatic carbocycles. The maximum atomic E-state index is 12.2. The minimum absolute atomic E-state index is 0.0896. The summed E-state index contributed by atoms with van der Waals surface area (Å²) in [5.41, 5.74) is 2.27. The summed E-state index contributed by atoms with van der Waals surface area (Å²) in [5.74, 6) is 6.03. The van der Waals surface area contributed by atoms with Crippen molar-refractivity contribution < 1.29 is 4.79 Å². The zero-order valence-corrected chi connectivity index (χ0v) is 10.9. The van der Waals surface area contributed by atoms with Crippen molar-refractivity contribution in [3.05, 3.63) is 0 Å². The number of hydrogen-bond acceptors (Lipinski definition) is 3. The van der Waals surface area contributed by atoms with Gasteiger partial charge in [0.05, 0.1) is 5.41 Å². The van der Waals surface area contributed by atoms with Crippen LogP contribution in [0.4, 0.5) is 0 Å². The summed E-state index contributed by atoms with van der Waals surface area (Å²) in [6.07, 6.45) is 7.98. The molecule has 1 heterocycles. The molecule has 17 heavy (non-hydrogen) atoms. The fourth-order valence-corrected chi connectivity index (χ4v) is 3.71. The fourth-order valence-electron chi connectivity index (χ4n) is 3.71. The largest absolute Gasteiger partial charge is 0.306 e. The van der Waals surface area contributed by atoms with Crippen LogP contribution in [-0.2, 0) is 4.79 Å². The van der Waals surface area contributed by atoms with Crippen LogP contribution in [-0.4, -0.2) is 30.9 Å². The first-order valence-electron chi connectivity index (χ1n) is 6.88. The highest BCUT2D eigenvalue weighted by Crippen LogP contribution is 2.46. The number of piperidine rings is 1. The van der Waals surface area contributed by atoms with E-state index < -0.39 is 0 Å². The van der Waals surface area contributed by atoms with E-state index in [9.17, 15) is 4.79 Å². The smallest absolute Gasteiger partial charge is 0.240 e. The van der Waals surface area contributed by atoms with Crippen LogP contribution in [0.25, 0.3) is 0 Å². The lowest BCUT2D eigenvalue weighted by molar-refractivity contribution is -0.138. The topological polar surface area (TPSA) is 58.4 Å². The fraction of sp³-hybridized carbons (Fsp3) is 0.923. The highest BCUT2D eigenvalue weighted by Gasteiger charge is 2.46. The highest BCUT2D eigenvalue weighted by molar-refractivity contribution is 5.82. The van der Waals surface area contributed by atoms with E-state index >= 15 is 0 Å². The lowest BCUT2D eigenvalue weighted by Gasteiger charge is -2.45. The minimum Gasteiger partial charge on any atom is -0.306 e. The van der Waals surface area contributed by atoms with Crippen LogP contribution >= 0.6 is 0 Å². The minimum atomic E-state index is -0.158. The first-order valence-corrected chi connectivity index (χ1v) is 6.88. The monoisotopic (exact) mass is 239 g/mol. The van der Waals surface area contributed by atoms with E-state index in [4.69, 9.17) is 5.84 Å². The van der Waals surface area contributed by atoms with Crippen LogP contribution in [0.15, 0.2) is 0 Å². The number of nitrogens with zero attached hydrogens (tertiary/aromatic N) is 1. The van der Waals surface area contributed by atoms with Crippen molar-refractivity contribution in [2.45, 2.75) is 44.9 Å². The number of carbonyl (C=O) groups is 1. The maximum absolute atomic E-state index is 12.2. The second-order valence-electron chi connectivity index (χ2n) is 5.77. The summed E-state index contributed by atoms with van der Waals surface area (Å²) in [6, 6.07) is 0. The number of rotatable bonds is 2. The first kappa shape index (κ1) is 12.8. The molecule has 1 saturated carbocycles. The van der Waals surface area contributed by atoms with Crippen LogP contribution in [0.2, 0.25) is 0 Å². The second-order valence-corrected chi connectivity index (χ2v) is 5.77. The third-order valence-electron chi connectivity index (χ3n) is 4.83. The van der Waals surface area contributed by atoms with Gasteiger partial charge in [-0.3, -0.25) is 10.2 Å². The third kappa shape index (κ3) is 2.47. The summed E-state index contributed by atoms with van der Waals surface area (Å²) < 4.78 is 0. The Morgan fingerprint density at radius 3 is 2.35 bits per heavy atom. The Balaban J connectivity index is 2.12. The molecule has 0 aromatic heterocycles. The summed E-state index contributed by atoms with van der Waals surface area (Å²) in [7, 11) is 2.16. The Bertz CT molecular complexity index is 266. The van der Waals surface area contributed by atoms with Crippen molar-refractivity contribution in [2.24, 2.45) is 17.2 Å². The number of nitrogens with two attached hydrogens (primary N) is 1. The van der Waals surface area contributed by atoms with Gasteiger partial charge in [-0.25, -0.2) is 5.84 Å². The molecule has 2 aliphatic rings. The quantitative estimate of drug-likeness (QED) is 0.433. The summed E-state index contributed by atoms with van der Waals surface area (Å²) in [4.78, 5) is 14.6. The standard InChI is InChI=1S/C13H25N3O/c1-16-9-5-11(6-10-16)13(12(17)15-14)7-3-2-4-8-13/h11H,2-10,14H2,1H3,(H,15,17). The number of nitrogens with one attached hydrogen (secondary N) is 1. The molecule has 0 aromatic rings. The Hall–Kier alpha value is -0.610. The van der Waals surface area contributed by atoms with Gasteiger partial charge in [0.15, 0.2) is 0 Å². The van der Waals surface area contributed by atoms with Gasteiger partial charge >= 0.3 is 0 Å². The number of hydrogen-bond donors (Lipinski definition) is 2. The van der Waals surface area contributed by atoms with E-state index in [1.807, 2.05) is 0 Å². The Kier molecular flexibility index (Phi) is 4.05. The van der Waals surface area contributed by atoms with Gasteiger partial charge in [0.25, 0.3) is 0 Å². The average molecular weight is 239 g/mol. The van der Waals surface area contributed by atoms with Gasteiger partial charge in [-0.05, 0) is 51.7 Å². The van der Waals surface area contributed by atoms with Crippen molar-refractivity contribution in [1.29, 1.82) is 0 Å². The van der Waals surface area contributed by atoms with Crippen LogP contribution in [0, 0.1) is 11.3 Å². The molecular weight excluding hydrogens is 214 g/mol. The number of likely N-dealkylation sites (tertiary alicyclic amines) is 1. The maximum Gasteiger partial charge on any atom is 0.240 e. The summed E-state index contributed by atoms with van der Waals surface area (Å²) >= 11 is 0. The van der Waals surface area contributed by atoms with Crippen molar-refractivity contribution >= 4 is 5.91 Å². The molecule has 0 unspecified atom stereocenters. The molecule has 98 valence electrons. The molecule has 1 amide bonds. The molecular formula is C13H25N3O. The van der Waals surface area contributed by atoms with E-state index in [1.165, 1.54) is 19.3 Å². The van der Waals surface area contributed by atoms with Gasteiger partial charge in [0.2, 0.25) is 5.91 Å². The average Bonchev–Trinajstić information content (AvgIpc) is 2.39. The van der Waals surface area contributed by atoms with Crippen LogP contribution in [0.3, 0.4) is 0 Å². The van der Waals surface area contributed by atoms with Crippen molar-refractivity contribution in [1.82, 2.24) is 10.3 Å². The molecule has 1 aliphatic heterocycles. The molecule has 2 fully saturated rings. The Labute approximate surface area is 104 Å². The van der Waals surface area contributed by atoms with Gasteiger partial charge < -0.3 is 4.90 Å². The van der Waals surface area contributed by atoms with E-state index in [0.717, 1.165) is 38.8 Å². The van der Waals surface area contributed by atoms with E-state index in [1.54, 1.807) is 0 Å². The normalized spacial score (nSPS) is 26.7. The predicted molar refractivity (Wildman–Crippen MR) is 68.1 cm³/mol. The van der Waals surface area contributed by atoms with Gasteiger partial charge in [0.1, 0.15) is 0 Å². The van der Waals surface area contributed by atoms with Crippen molar-refractivity contribution in [3.63, 3.8) is 0 Å². The summed E-state index contributed by atoms with van der Waals surface area (Å²) in [6.45, 7) is 2.23. The number of hydrazine groups is 1. The zero-order valence-electron chi connectivity index (χ0n) is 10.9. The Morgan fingerprint density at radius 2 is 1.82 bits per heavy atom. The number of amides is 1. The van der Waals surface area contributed by atoms with E-state index in [-0.39, 0.29) is 11.3 Å². The van der Waals surface area contributed by atoms with Gasteiger partial charge in [-0.1, -0.05) is 19.3 Å². The van der Waals surface area contributed by atoms with Gasteiger partial charge in [0, 0.05) is 0 Å². The van der Waals surface area contributed by atoms with Crippen LogP contribution in [0.5, 0.6) is 0 Å². The molecule has 0 bridgehead atoms. The number of carbonyl (C=O) groups excluding carboxylic acids is 1. The first-order chi connectivity index (χ1) is 8.19. The lowest BCUT2D eigenvalue weighted by atomic mass is 9.62.